The molecule has 1 aliphatic heterocycles. The summed E-state index contributed by atoms with van der Waals surface area (Å²) in [6.07, 6.45) is -4.41. The highest BCUT2D eigenvalue weighted by atomic mass is 35.5. The van der Waals surface area contributed by atoms with E-state index in [9.17, 15) is 13.2 Å². The number of hydrogen-bond donors (Lipinski definition) is 2. The predicted octanol–water partition coefficient (Wildman–Crippen LogP) is 8.25. The van der Waals surface area contributed by atoms with Gasteiger partial charge in [-0.25, -0.2) is 0 Å². The van der Waals surface area contributed by atoms with E-state index >= 15 is 0 Å². The Kier molecular flexibility index (Phi) is 6.94. The first-order valence-corrected chi connectivity index (χ1v) is 13.3. The molecule has 4 nitrogen and oxygen atoms in total. The van der Waals surface area contributed by atoms with Gasteiger partial charge in [0.25, 0.3) is 0 Å². The van der Waals surface area contributed by atoms with Crippen LogP contribution in [0.15, 0.2) is 91.0 Å². The Labute approximate surface area is 234 Å². The highest BCUT2D eigenvalue weighted by Crippen LogP contribution is 2.44. The number of halogens is 4. The fraction of sp³-hybridized carbons (Fsp3) is 0.188. The topological polar surface area (TPSA) is 46.3 Å². The van der Waals surface area contributed by atoms with Crippen molar-refractivity contribution < 1.29 is 22.6 Å². The van der Waals surface area contributed by atoms with Crippen molar-refractivity contribution in [2.45, 2.75) is 24.7 Å². The zero-order valence-corrected chi connectivity index (χ0v) is 22.3. The largest absolute Gasteiger partial charge is 0.493 e. The molecule has 40 heavy (non-hydrogen) atoms. The van der Waals surface area contributed by atoms with E-state index < -0.39 is 11.7 Å². The minimum atomic E-state index is -4.41. The summed E-state index contributed by atoms with van der Waals surface area (Å²) in [7, 11) is 1.55. The molecule has 2 heterocycles. The summed E-state index contributed by atoms with van der Waals surface area (Å²) >= 11 is 6.63. The molecule has 0 fully saturated rings. The van der Waals surface area contributed by atoms with Crippen LogP contribution in [0.5, 0.6) is 11.5 Å². The van der Waals surface area contributed by atoms with Crippen LogP contribution in [0.4, 0.5) is 13.2 Å². The number of hydrogen-bond acceptors (Lipinski definition) is 3. The molecule has 0 saturated heterocycles. The average molecular weight is 563 g/mol. The molecular weight excluding hydrogens is 537 g/mol. The van der Waals surface area contributed by atoms with Crippen molar-refractivity contribution in [3.8, 4) is 11.5 Å². The molecule has 1 aromatic heterocycles. The van der Waals surface area contributed by atoms with Crippen molar-refractivity contribution in [1.82, 2.24) is 10.3 Å². The molecule has 0 amide bonds. The second-order valence-corrected chi connectivity index (χ2v) is 10.2. The number of para-hydroxylation sites is 1. The molecule has 1 aliphatic rings. The average Bonchev–Trinajstić information content (AvgIpc) is 3.35. The molecular formula is C32H26ClF3N2O2. The number of fused-ring (bicyclic) bond motifs is 3. The van der Waals surface area contributed by atoms with E-state index in [2.05, 4.69) is 28.5 Å². The Hall–Kier alpha value is -3.94. The Balaban J connectivity index is 1.32. The fourth-order valence-corrected chi connectivity index (χ4v) is 5.78. The van der Waals surface area contributed by atoms with E-state index in [1.54, 1.807) is 19.2 Å². The lowest BCUT2D eigenvalue weighted by atomic mass is 9.83. The van der Waals surface area contributed by atoms with E-state index in [0.717, 1.165) is 44.9 Å². The first-order chi connectivity index (χ1) is 19.3. The lowest BCUT2D eigenvalue weighted by molar-refractivity contribution is -0.137. The van der Waals surface area contributed by atoms with Crippen LogP contribution in [0.25, 0.3) is 10.9 Å². The third-order valence-electron chi connectivity index (χ3n) is 7.39. The third-order valence-corrected chi connectivity index (χ3v) is 7.73. The predicted molar refractivity (Wildman–Crippen MR) is 150 cm³/mol. The van der Waals surface area contributed by atoms with Gasteiger partial charge in [0.2, 0.25) is 0 Å². The number of alkyl halides is 3. The Morgan fingerprint density at radius 3 is 2.50 bits per heavy atom. The van der Waals surface area contributed by atoms with Crippen molar-refractivity contribution >= 4 is 22.5 Å². The number of aromatic amines is 1. The van der Waals surface area contributed by atoms with E-state index in [-0.39, 0.29) is 18.6 Å². The van der Waals surface area contributed by atoms with Gasteiger partial charge in [0, 0.05) is 34.1 Å². The summed E-state index contributed by atoms with van der Waals surface area (Å²) in [5, 5.41) is 5.57. The first-order valence-electron chi connectivity index (χ1n) is 12.9. The smallest absolute Gasteiger partial charge is 0.416 e. The lowest BCUT2D eigenvalue weighted by Gasteiger charge is -2.32. The number of methoxy groups -OCH3 is 1. The van der Waals surface area contributed by atoms with Gasteiger partial charge in [0.1, 0.15) is 6.61 Å². The van der Waals surface area contributed by atoms with Crippen LogP contribution < -0.4 is 14.8 Å². The number of aromatic nitrogens is 1. The van der Waals surface area contributed by atoms with Gasteiger partial charge in [-0.15, -0.1) is 0 Å². The van der Waals surface area contributed by atoms with Gasteiger partial charge in [-0.1, -0.05) is 66.2 Å². The molecule has 6 rings (SSSR count). The van der Waals surface area contributed by atoms with Crippen molar-refractivity contribution in [2.24, 2.45) is 0 Å². The standard InChI is InChI=1S/C32H26ClF3N2O2/c1-39-28-16-20(13-14-27(28)40-18-19-7-6-8-21(15-19)32(34,35)36)30-31-29(23-10-3-5-12-26(23)38-31)24(17-37-30)22-9-2-4-11-25(22)33/h2-16,24,30,37-38H,17-18H2,1H3. The van der Waals surface area contributed by atoms with E-state index in [4.69, 9.17) is 21.1 Å². The van der Waals surface area contributed by atoms with Gasteiger partial charge < -0.3 is 19.8 Å². The minimum absolute atomic E-state index is 0.0208. The molecule has 2 atom stereocenters. The van der Waals surface area contributed by atoms with Gasteiger partial charge in [0.15, 0.2) is 11.5 Å². The van der Waals surface area contributed by atoms with Gasteiger partial charge in [-0.3, -0.25) is 0 Å². The highest BCUT2D eigenvalue weighted by molar-refractivity contribution is 6.31. The molecule has 0 saturated carbocycles. The van der Waals surface area contributed by atoms with E-state index in [0.29, 0.717) is 23.6 Å². The highest BCUT2D eigenvalue weighted by Gasteiger charge is 2.34. The van der Waals surface area contributed by atoms with Crippen LogP contribution in [0, 0.1) is 0 Å². The lowest BCUT2D eigenvalue weighted by Crippen LogP contribution is -2.34. The summed E-state index contributed by atoms with van der Waals surface area (Å²) < 4.78 is 50.9. The first kappa shape index (κ1) is 26.3. The zero-order chi connectivity index (χ0) is 27.9. The van der Waals surface area contributed by atoms with Crippen LogP contribution in [-0.2, 0) is 12.8 Å². The van der Waals surface area contributed by atoms with Gasteiger partial charge in [-0.2, -0.15) is 13.2 Å². The van der Waals surface area contributed by atoms with Crippen molar-refractivity contribution in [3.05, 3.63) is 130 Å². The maximum Gasteiger partial charge on any atom is 0.416 e. The minimum Gasteiger partial charge on any atom is -0.493 e. The van der Waals surface area contributed by atoms with E-state index in [1.807, 2.05) is 42.5 Å². The fourth-order valence-electron chi connectivity index (χ4n) is 5.52. The van der Waals surface area contributed by atoms with Crippen molar-refractivity contribution in [2.75, 3.05) is 13.7 Å². The molecule has 8 heteroatoms. The van der Waals surface area contributed by atoms with Crippen LogP contribution in [0.1, 0.15) is 45.5 Å². The van der Waals surface area contributed by atoms with Gasteiger partial charge in [0.05, 0.1) is 18.7 Å². The molecule has 4 aromatic carbocycles. The zero-order valence-electron chi connectivity index (χ0n) is 21.6. The summed E-state index contributed by atoms with van der Waals surface area (Å²) in [6.45, 7) is 0.659. The van der Waals surface area contributed by atoms with Crippen LogP contribution in [-0.4, -0.2) is 18.6 Å². The second-order valence-electron chi connectivity index (χ2n) is 9.81. The number of nitrogens with one attached hydrogen (secondary N) is 2. The Bertz CT molecular complexity index is 1680. The molecule has 0 aliphatic carbocycles. The molecule has 5 aromatic rings. The van der Waals surface area contributed by atoms with Crippen LogP contribution >= 0.6 is 11.6 Å². The maximum atomic E-state index is 13.1. The monoisotopic (exact) mass is 562 g/mol. The summed E-state index contributed by atoms with van der Waals surface area (Å²) in [5.74, 6) is 1.01. The summed E-state index contributed by atoms with van der Waals surface area (Å²) in [4.78, 5) is 3.63. The Morgan fingerprint density at radius 1 is 0.900 bits per heavy atom. The Morgan fingerprint density at radius 2 is 1.70 bits per heavy atom. The molecule has 2 unspecified atom stereocenters. The second kappa shape index (κ2) is 10.6. The maximum absolute atomic E-state index is 13.1. The SMILES string of the molecule is COc1cc(C2NCC(c3ccccc3Cl)c3c2[nH]c2ccccc32)ccc1OCc1cccc(C(F)(F)F)c1. The van der Waals surface area contributed by atoms with Crippen LogP contribution in [0.3, 0.4) is 0 Å². The molecule has 0 spiro atoms. The molecule has 0 bridgehead atoms. The van der Waals surface area contributed by atoms with Gasteiger partial charge >= 0.3 is 6.18 Å². The number of rotatable bonds is 6. The number of benzene rings is 4. The van der Waals surface area contributed by atoms with Crippen LogP contribution in [0.2, 0.25) is 5.02 Å². The number of ether oxygens (including phenoxy) is 2. The molecule has 0 radical (unpaired) electrons. The molecule has 2 N–H and O–H groups in total. The van der Waals surface area contributed by atoms with E-state index in [1.165, 1.54) is 11.6 Å². The summed E-state index contributed by atoms with van der Waals surface area (Å²) in [5.41, 5.74) is 5.05. The molecule has 204 valence electrons. The van der Waals surface area contributed by atoms with Crippen molar-refractivity contribution in [1.29, 1.82) is 0 Å². The quantitative estimate of drug-likeness (QED) is 0.219. The van der Waals surface area contributed by atoms with Crippen molar-refractivity contribution in [3.63, 3.8) is 0 Å². The third kappa shape index (κ3) is 4.91. The number of H-pyrrole nitrogens is 1. The normalized spacial score (nSPS) is 17.0. The summed E-state index contributed by atoms with van der Waals surface area (Å²) in [6, 6.07) is 26.8. The van der Waals surface area contributed by atoms with Gasteiger partial charge in [-0.05, 0) is 58.7 Å².